The van der Waals surface area contributed by atoms with E-state index in [4.69, 9.17) is 9.97 Å². The summed E-state index contributed by atoms with van der Waals surface area (Å²) in [6.45, 7) is 18.1. The molecule has 0 aliphatic carbocycles. The normalized spacial score (nSPS) is 17.8. The standard InChI is InChI=1S/C29H34N4/c1-19-15-21-17-32(19)25-13-9-11-23(30-25)27(3,4)24-12-10-14-26(31-24)33-18-22(16-20(33)2)29(7,8)28(21,5)6/h9-18H,1-8H3. The fraction of sp³-hybridized carbons (Fsp3) is 0.379. The highest BCUT2D eigenvalue weighted by molar-refractivity contribution is 5.44. The lowest BCUT2D eigenvalue weighted by atomic mass is 9.62. The topological polar surface area (TPSA) is 35.6 Å². The van der Waals surface area contributed by atoms with E-state index >= 15 is 0 Å². The summed E-state index contributed by atoms with van der Waals surface area (Å²) in [7, 11) is 0. The Morgan fingerprint density at radius 3 is 1.39 bits per heavy atom. The van der Waals surface area contributed by atoms with Crippen LogP contribution in [0.3, 0.4) is 0 Å². The van der Waals surface area contributed by atoms with Gasteiger partial charge in [-0.05, 0) is 75.2 Å². The van der Waals surface area contributed by atoms with E-state index < -0.39 is 0 Å². The van der Waals surface area contributed by atoms with Gasteiger partial charge in [0.1, 0.15) is 11.6 Å². The third kappa shape index (κ3) is 3.11. The van der Waals surface area contributed by atoms with Crippen LogP contribution in [-0.2, 0) is 16.2 Å². The van der Waals surface area contributed by atoms with Crippen LogP contribution in [-0.4, -0.2) is 19.1 Å². The second kappa shape index (κ2) is 6.93. The van der Waals surface area contributed by atoms with Gasteiger partial charge < -0.3 is 9.13 Å². The third-order valence-corrected chi connectivity index (χ3v) is 8.27. The summed E-state index contributed by atoms with van der Waals surface area (Å²) in [6, 6.07) is 17.3. The van der Waals surface area contributed by atoms with Crippen LogP contribution in [0.15, 0.2) is 60.9 Å². The van der Waals surface area contributed by atoms with Gasteiger partial charge in [0.05, 0.1) is 11.4 Å². The Hall–Kier alpha value is -3.14. The number of aryl methyl sites for hydroxylation is 2. The number of pyridine rings is 2. The van der Waals surface area contributed by atoms with Gasteiger partial charge in [0.25, 0.3) is 0 Å². The number of fused-ring (bicyclic) bond motifs is 10. The van der Waals surface area contributed by atoms with Crippen molar-refractivity contribution in [3.63, 3.8) is 0 Å². The molecule has 5 heterocycles. The zero-order valence-electron chi connectivity index (χ0n) is 21.1. The molecule has 0 fully saturated rings. The quantitative estimate of drug-likeness (QED) is 0.311. The molecule has 0 radical (unpaired) electrons. The molecule has 0 saturated carbocycles. The molecule has 5 rings (SSSR count). The largest absolute Gasteiger partial charge is 0.306 e. The fourth-order valence-corrected chi connectivity index (χ4v) is 4.99. The highest BCUT2D eigenvalue weighted by Gasteiger charge is 2.41. The molecule has 170 valence electrons. The van der Waals surface area contributed by atoms with E-state index in [2.05, 4.69) is 125 Å². The van der Waals surface area contributed by atoms with Crippen LogP contribution in [0.2, 0.25) is 0 Å². The Morgan fingerprint density at radius 2 is 1.00 bits per heavy atom. The van der Waals surface area contributed by atoms with Gasteiger partial charge in [0.2, 0.25) is 0 Å². The van der Waals surface area contributed by atoms with Crippen LogP contribution in [0.5, 0.6) is 0 Å². The first kappa shape index (κ1) is 21.7. The number of hydrogen-bond donors (Lipinski definition) is 0. The summed E-state index contributed by atoms with van der Waals surface area (Å²) in [5, 5.41) is 0. The summed E-state index contributed by atoms with van der Waals surface area (Å²) in [5.74, 6) is 1.90. The zero-order valence-corrected chi connectivity index (χ0v) is 21.1. The smallest absolute Gasteiger partial charge is 0.137 e. The predicted molar refractivity (Wildman–Crippen MR) is 135 cm³/mol. The minimum absolute atomic E-state index is 0.103. The maximum absolute atomic E-state index is 5.13. The van der Waals surface area contributed by atoms with Crippen molar-refractivity contribution in [2.24, 2.45) is 0 Å². The lowest BCUT2D eigenvalue weighted by Gasteiger charge is -2.41. The summed E-state index contributed by atoms with van der Waals surface area (Å²) >= 11 is 0. The molecule has 1 aliphatic rings. The van der Waals surface area contributed by atoms with Gasteiger partial charge in [0, 0.05) is 40.0 Å². The van der Waals surface area contributed by atoms with Crippen LogP contribution in [0.1, 0.15) is 75.4 Å². The fourth-order valence-electron chi connectivity index (χ4n) is 4.99. The molecule has 4 heteroatoms. The van der Waals surface area contributed by atoms with Gasteiger partial charge in [-0.2, -0.15) is 0 Å². The third-order valence-electron chi connectivity index (χ3n) is 8.27. The predicted octanol–water partition coefficient (Wildman–Crippen LogP) is 6.57. The first-order chi connectivity index (χ1) is 15.4. The summed E-state index contributed by atoms with van der Waals surface area (Å²) in [5.41, 5.74) is 6.50. The number of aromatic nitrogens is 4. The van der Waals surface area contributed by atoms with E-state index in [9.17, 15) is 0 Å². The Balaban J connectivity index is 1.86. The Morgan fingerprint density at radius 1 is 0.606 bits per heavy atom. The van der Waals surface area contributed by atoms with Crippen molar-refractivity contribution in [3.05, 3.63) is 94.8 Å². The van der Waals surface area contributed by atoms with E-state index in [1.165, 1.54) is 22.5 Å². The highest BCUT2D eigenvalue weighted by atomic mass is 15.1. The van der Waals surface area contributed by atoms with Crippen LogP contribution < -0.4 is 0 Å². The molecule has 0 spiro atoms. The number of nitrogens with zero attached hydrogens (tertiary/aromatic N) is 4. The van der Waals surface area contributed by atoms with Crippen molar-refractivity contribution in [1.82, 2.24) is 19.1 Å². The summed E-state index contributed by atoms with van der Waals surface area (Å²) < 4.78 is 4.46. The average Bonchev–Trinajstić information content (AvgIpc) is 3.37. The molecular weight excluding hydrogens is 404 g/mol. The van der Waals surface area contributed by atoms with Crippen LogP contribution in [0, 0.1) is 13.8 Å². The van der Waals surface area contributed by atoms with Crippen LogP contribution >= 0.6 is 0 Å². The van der Waals surface area contributed by atoms with E-state index in [1.54, 1.807) is 0 Å². The maximum atomic E-state index is 5.13. The van der Waals surface area contributed by atoms with Gasteiger partial charge in [-0.15, -0.1) is 0 Å². The van der Waals surface area contributed by atoms with Gasteiger partial charge in [-0.3, -0.25) is 0 Å². The van der Waals surface area contributed by atoms with Crippen molar-refractivity contribution in [2.75, 3.05) is 0 Å². The lowest BCUT2D eigenvalue weighted by molar-refractivity contribution is 0.303. The first-order valence-corrected chi connectivity index (χ1v) is 11.8. The molecule has 0 atom stereocenters. The minimum Gasteiger partial charge on any atom is -0.306 e. The van der Waals surface area contributed by atoms with Gasteiger partial charge in [0.15, 0.2) is 0 Å². The molecule has 0 saturated heterocycles. The van der Waals surface area contributed by atoms with Gasteiger partial charge in [-0.25, -0.2) is 9.97 Å². The Bertz CT molecular complexity index is 1260. The van der Waals surface area contributed by atoms with Crippen molar-refractivity contribution in [3.8, 4) is 11.6 Å². The molecular formula is C29H34N4. The van der Waals surface area contributed by atoms with E-state index in [1.807, 2.05) is 0 Å². The molecule has 1 aliphatic heterocycles. The van der Waals surface area contributed by atoms with Crippen LogP contribution in [0.4, 0.5) is 0 Å². The van der Waals surface area contributed by atoms with Gasteiger partial charge in [-0.1, -0.05) is 39.8 Å². The monoisotopic (exact) mass is 438 g/mol. The minimum atomic E-state index is -0.335. The Kier molecular flexibility index (Phi) is 4.55. The molecule has 0 amide bonds. The van der Waals surface area contributed by atoms with Crippen molar-refractivity contribution in [1.29, 1.82) is 0 Å². The molecule has 4 aromatic rings. The second-order valence-corrected chi connectivity index (χ2v) is 11.1. The lowest BCUT2D eigenvalue weighted by Crippen LogP contribution is -2.39. The van der Waals surface area contributed by atoms with Gasteiger partial charge >= 0.3 is 0 Å². The number of hydrogen-bond acceptors (Lipinski definition) is 2. The van der Waals surface area contributed by atoms with E-state index in [-0.39, 0.29) is 16.2 Å². The average molecular weight is 439 g/mol. The molecule has 0 N–H and O–H groups in total. The molecule has 0 aromatic carbocycles. The molecule has 4 aromatic heterocycles. The molecule has 33 heavy (non-hydrogen) atoms. The second-order valence-electron chi connectivity index (χ2n) is 11.1. The number of rotatable bonds is 0. The SMILES string of the molecule is Cc1cc2cn1-c1cccc(n1)C(C)(C)c1cccc(n1)-n1cc(cc1C)C(C)(C)C2(C)C. The highest BCUT2D eigenvalue weighted by Crippen LogP contribution is 2.45. The van der Waals surface area contributed by atoms with Crippen molar-refractivity contribution >= 4 is 0 Å². The van der Waals surface area contributed by atoms with Crippen molar-refractivity contribution < 1.29 is 0 Å². The first-order valence-electron chi connectivity index (χ1n) is 11.8. The zero-order chi connectivity index (χ0) is 23.8. The summed E-state index contributed by atoms with van der Waals surface area (Å²) in [4.78, 5) is 10.3. The van der Waals surface area contributed by atoms with E-state index in [0.717, 1.165) is 23.0 Å². The molecule has 8 bridgehead atoms. The van der Waals surface area contributed by atoms with Crippen LogP contribution in [0.25, 0.3) is 11.6 Å². The maximum Gasteiger partial charge on any atom is 0.137 e. The van der Waals surface area contributed by atoms with Crippen molar-refractivity contribution in [2.45, 2.75) is 71.6 Å². The molecule has 4 nitrogen and oxygen atoms in total. The summed E-state index contributed by atoms with van der Waals surface area (Å²) in [6.07, 6.45) is 4.55. The Labute approximate surface area is 197 Å². The molecule has 0 unspecified atom stereocenters. The van der Waals surface area contributed by atoms with E-state index in [0.29, 0.717) is 0 Å².